The molecule has 0 aromatic rings. The third-order valence-electron chi connectivity index (χ3n) is 1.09. The molecule has 0 aliphatic rings. The minimum Gasteiger partial charge on any atom is -1.00 e. The first-order valence-electron chi connectivity index (χ1n) is 2.92. The van der Waals surface area contributed by atoms with Crippen LogP contribution < -0.4 is 0 Å². The van der Waals surface area contributed by atoms with Crippen molar-refractivity contribution in [1.82, 2.24) is 0 Å². The average Bonchev–Trinajstić information content (AvgIpc) is 1.68. The maximum atomic E-state index is 8.47. The Labute approximate surface area is 94.9 Å². The first-order valence-corrected chi connectivity index (χ1v) is 2.92. The van der Waals surface area contributed by atoms with Gasteiger partial charge in [-0.3, -0.25) is 0 Å². The van der Waals surface area contributed by atoms with Crippen LogP contribution in [-0.2, 0) is 0 Å². The van der Waals surface area contributed by atoms with Crippen molar-refractivity contribution in [1.29, 1.82) is 0 Å². The number of aliphatic hydroxyl groups excluding tert-OH is 1. The van der Waals surface area contributed by atoms with Crippen LogP contribution in [0.15, 0.2) is 0 Å². The van der Waals surface area contributed by atoms with Crippen molar-refractivity contribution in [2.75, 3.05) is 6.61 Å². The molecule has 0 aromatic heterocycles. The van der Waals surface area contributed by atoms with Crippen molar-refractivity contribution in [3.05, 3.63) is 0 Å². The molecule has 0 aliphatic carbocycles. The first-order chi connectivity index (χ1) is 3.31. The summed E-state index contributed by atoms with van der Waals surface area (Å²) < 4.78 is 0. The molecule has 0 heterocycles. The van der Waals surface area contributed by atoms with Crippen molar-refractivity contribution in [3.63, 3.8) is 0 Å². The van der Waals surface area contributed by atoms with E-state index in [0.29, 0.717) is 12.5 Å². The van der Waals surface area contributed by atoms with E-state index in [9.17, 15) is 0 Å². The fraction of sp³-hybridized carbons (Fsp3) is 1.00. The molecule has 2 heteroatoms. The van der Waals surface area contributed by atoms with Gasteiger partial charge in [0.15, 0.2) is 0 Å². The van der Waals surface area contributed by atoms with Crippen LogP contribution in [0, 0.1) is 5.92 Å². The molecule has 0 bridgehead atoms. The fourth-order valence-electron chi connectivity index (χ4n) is 0.584. The van der Waals surface area contributed by atoms with Gasteiger partial charge in [-0.1, -0.05) is 20.3 Å². The Kier molecular flexibility index (Phi) is 13.0. The predicted molar refractivity (Wildman–Crippen MR) is 39.1 cm³/mol. The molecule has 48 valence electrons. The minimum atomic E-state index is 0. The molecule has 0 saturated carbocycles. The van der Waals surface area contributed by atoms with Crippen LogP contribution in [0.2, 0.25) is 0 Å². The Hall–Kier alpha value is 1.53. The standard InChI is InChI=1S/C6H14O.Ba.2H/c1-3-4-6(2)5-7;;;/h6-7H,3-5H2,1-2H3;;;/q;+2;2*-1. The van der Waals surface area contributed by atoms with Crippen LogP contribution >= 0.6 is 0 Å². The Morgan fingerprint density at radius 1 is 1.62 bits per heavy atom. The summed E-state index contributed by atoms with van der Waals surface area (Å²) in [6.45, 7) is 4.53. The summed E-state index contributed by atoms with van der Waals surface area (Å²) >= 11 is 0. The SMILES string of the molecule is CCCC(C)CO.[Ba+2].[H-].[H-]. The zero-order chi connectivity index (χ0) is 5.70. The maximum absolute atomic E-state index is 8.47. The number of aliphatic hydroxyl groups is 1. The molecular formula is C6H16BaO. The Bertz CT molecular complexity index is 46.7. The third-order valence-corrected chi connectivity index (χ3v) is 1.09. The normalized spacial score (nSPS) is 12.4. The summed E-state index contributed by atoms with van der Waals surface area (Å²) in [5, 5.41) is 8.47. The Morgan fingerprint density at radius 3 is 2.25 bits per heavy atom. The van der Waals surface area contributed by atoms with Crippen LogP contribution in [-0.4, -0.2) is 60.6 Å². The second kappa shape index (κ2) is 8.53. The molecule has 1 atom stereocenters. The summed E-state index contributed by atoms with van der Waals surface area (Å²) in [6.07, 6.45) is 2.33. The molecule has 0 spiro atoms. The zero-order valence-corrected chi connectivity index (χ0v) is 10.3. The van der Waals surface area contributed by atoms with Gasteiger partial charge in [0.2, 0.25) is 0 Å². The largest absolute Gasteiger partial charge is 2.00 e. The van der Waals surface area contributed by atoms with Crippen molar-refractivity contribution >= 4 is 48.9 Å². The molecule has 0 aliphatic heterocycles. The van der Waals surface area contributed by atoms with Crippen LogP contribution in [0.3, 0.4) is 0 Å². The number of hydrogen-bond acceptors (Lipinski definition) is 1. The molecule has 0 radical (unpaired) electrons. The van der Waals surface area contributed by atoms with E-state index in [4.69, 9.17) is 5.11 Å². The second-order valence-electron chi connectivity index (χ2n) is 2.08. The van der Waals surface area contributed by atoms with Crippen molar-refractivity contribution in [2.24, 2.45) is 5.92 Å². The fourth-order valence-corrected chi connectivity index (χ4v) is 0.584. The monoisotopic (exact) mass is 242 g/mol. The maximum Gasteiger partial charge on any atom is 2.00 e. The van der Waals surface area contributed by atoms with Gasteiger partial charge in [-0.15, -0.1) is 0 Å². The number of rotatable bonds is 3. The molecule has 1 nitrogen and oxygen atoms in total. The van der Waals surface area contributed by atoms with E-state index in [-0.39, 0.29) is 51.7 Å². The van der Waals surface area contributed by atoms with Crippen molar-refractivity contribution < 1.29 is 7.96 Å². The quantitative estimate of drug-likeness (QED) is 0.738. The topological polar surface area (TPSA) is 20.2 Å². The van der Waals surface area contributed by atoms with Crippen LogP contribution in [0.25, 0.3) is 0 Å². The molecule has 0 amide bonds. The number of hydrogen-bond donors (Lipinski definition) is 1. The first kappa shape index (κ1) is 12.2. The van der Waals surface area contributed by atoms with E-state index in [1.165, 1.54) is 6.42 Å². The van der Waals surface area contributed by atoms with Gasteiger partial charge in [-0.2, -0.15) is 0 Å². The van der Waals surface area contributed by atoms with Crippen LogP contribution in [0.1, 0.15) is 29.5 Å². The molecule has 8 heavy (non-hydrogen) atoms. The Balaban J connectivity index is -0.0000000600. The van der Waals surface area contributed by atoms with Gasteiger partial charge < -0.3 is 7.96 Å². The molecule has 0 fully saturated rings. The zero-order valence-electron chi connectivity index (χ0n) is 7.85. The van der Waals surface area contributed by atoms with Gasteiger partial charge in [0, 0.05) is 6.61 Å². The molecule has 1 N–H and O–H groups in total. The molecule has 1 unspecified atom stereocenters. The van der Waals surface area contributed by atoms with Gasteiger partial charge in [0.05, 0.1) is 0 Å². The minimum absolute atomic E-state index is 0. The Morgan fingerprint density at radius 2 is 2.12 bits per heavy atom. The third kappa shape index (κ3) is 7.53. The molecule has 0 saturated heterocycles. The van der Waals surface area contributed by atoms with Crippen LogP contribution in [0.5, 0.6) is 0 Å². The van der Waals surface area contributed by atoms with E-state index < -0.39 is 0 Å². The predicted octanol–water partition coefficient (Wildman–Crippen LogP) is 1.26. The van der Waals surface area contributed by atoms with Crippen molar-refractivity contribution in [3.8, 4) is 0 Å². The van der Waals surface area contributed by atoms with Gasteiger partial charge in [0.25, 0.3) is 0 Å². The van der Waals surface area contributed by atoms with Gasteiger partial charge >= 0.3 is 48.9 Å². The summed E-state index contributed by atoms with van der Waals surface area (Å²) in [5.74, 6) is 0.505. The summed E-state index contributed by atoms with van der Waals surface area (Å²) in [6, 6.07) is 0. The van der Waals surface area contributed by atoms with E-state index in [1.807, 2.05) is 0 Å². The second-order valence-corrected chi connectivity index (χ2v) is 2.08. The smallest absolute Gasteiger partial charge is 1.00 e. The van der Waals surface area contributed by atoms with Crippen LogP contribution in [0.4, 0.5) is 0 Å². The molecule has 0 aromatic carbocycles. The van der Waals surface area contributed by atoms with E-state index in [0.717, 1.165) is 6.42 Å². The summed E-state index contributed by atoms with van der Waals surface area (Å²) in [4.78, 5) is 0. The van der Waals surface area contributed by atoms with Gasteiger partial charge in [-0.05, 0) is 12.3 Å². The van der Waals surface area contributed by atoms with E-state index >= 15 is 0 Å². The average molecular weight is 242 g/mol. The van der Waals surface area contributed by atoms with Crippen molar-refractivity contribution in [2.45, 2.75) is 26.7 Å². The summed E-state index contributed by atoms with van der Waals surface area (Å²) in [5.41, 5.74) is 0. The van der Waals surface area contributed by atoms with Gasteiger partial charge in [-0.25, -0.2) is 0 Å². The van der Waals surface area contributed by atoms with E-state index in [1.54, 1.807) is 0 Å². The van der Waals surface area contributed by atoms with E-state index in [2.05, 4.69) is 13.8 Å². The van der Waals surface area contributed by atoms with Gasteiger partial charge in [0.1, 0.15) is 0 Å². The summed E-state index contributed by atoms with van der Waals surface area (Å²) in [7, 11) is 0. The molecular weight excluding hydrogens is 225 g/mol. The molecule has 0 rings (SSSR count).